The van der Waals surface area contributed by atoms with Crippen molar-refractivity contribution in [1.82, 2.24) is 5.32 Å². The largest absolute Gasteiger partial charge is 0.392 e. The van der Waals surface area contributed by atoms with E-state index in [1.807, 2.05) is 0 Å². The number of rotatable bonds is 7. The third kappa shape index (κ3) is 7.78. The lowest BCUT2D eigenvalue weighted by molar-refractivity contribution is 0.164. The van der Waals surface area contributed by atoms with Crippen LogP contribution in [0, 0.1) is 0 Å². The van der Waals surface area contributed by atoms with Crippen LogP contribution >= 0.6 is 0 Å². The van der Waals surface area contributed by atoms with Crippen LogP contribution in [-0.4, -0.2) is 30.8 Å². The number of nitrogens with two attached hydrogens (primary N) is 1. The molecule has 0 bridgehead atoms. The van der Waals surface area contributed by atoms with E-state index in [0.29, 0.717) is 19.5 Å². The second kappa shape index (κ2) is 7.98. The molecule has 0 amide bonds. The number of hydrogen-bond donors (Lipinski definition) is 3. The molecule has 0 unspecified atom stereocenters. The van der Waals surface area contributed by atoms with Crippen LogP contribution in [0.25, 0.3) is 0 Å². The predicted octanol–water partition coefficient (Wildman–Crippen LogP) is 0.0858. The highest BCUT2D eigenvalue weighted by molar-refractivity contribution is 4.59. The van der Waals surface area contributed by atoms with Crippen LogP contribution in [0.5, 0.6) is 0 Å². The summed E-state index contributed by atoms with van der Waals surface area (Å²) in [4.78, 5) is 0. The Morgan fingerprint density at radius 1 is 1.55 bits per heavy atom. The molecule has 0 aliphatic heterocycles. The molecule has 0 fully saturated rings. The summed E-state index contributed by atoms with van der Waals surface area (Å²) >= 11 is 0. The van der Waals surface area contributed by atoms with E-state index in [-0.39, 0.29) is 6.10 Å². The van der Waals surface area contributed by atoms with Crippen LogP contribution in [-0.2, 0) is 0 Å². The summed E-state index contributed by atoms with van der Waals surface area (Å²) in [5, 5.41) is 12.4. The minimum atomic E-state index is -0.267. The molecule has 1 atom stereocenters. The number of hydrogen-bond acceptors (Lipinski definition) is 3. The summed E-state index contributed by atoms with van der Waals surface area (Å²) < 4.78 is 0. The average Bonchev–Trinajstić information content (AvgIpc) is 1.99. The molecule has 0 aromatic carbocycles. The van der Waals surface area contributed by atoms with Gasteiger partial charge in [0.25, 0.3) is 0 Å². The van der Waals surface area contributed by atoms with Crippen molar-refractivity contribution >= 4 is 0 Å². The van der Waals surface area contributed by atoms with Gasteiger partial charge in [-0.3, -0.25) is 0 Å². The fraction of sp³-hybridized carbons (Fsp3) is 1.00. The molecule has 4 N–H and O–H groups in total. The topological polar surface area (TPSA) is 58.3 Å². The van der Waals surface area contributed by atoms with Crippen molar-refractivity contribution in [2.45, 2.75) is 32.3 Å². The van der Waals surface area contributed by atoms with E-state index < -0.39 is 0 Å². The lowest BCUT2D eigenvalue weighted by Gasteiger charge is -2.09. The number of nitrogens with one attached hydrogen (secondary N) is 1. The first-order valence-corrected chi connectivity index (χ1v) is 4.40. The summed E-state index contributed by atoms with van der Waals surface area (Å²) in [6.45, 7) is 4.39. The molecule has 3 heteroatoms. The van der Waals surface area contributed by atoms with Crippen LogP contribution in [0.2, 0.25) is 0 Å². The normalized spacial score (nSPS) is 13.4. The molecule has 3 nitrogen and oxygen atoms in total. The first-order valence-electron chi connectivity index (χ1n) is 4.40. The van der Waals surface area contributed by atoms with E-state index in [2.05, 4.69) is 12.2 Å². The lowest BCUT2D eigenvalue weighted by atomic mass is 10.2. The summed E-state index contributed by atoms with van der Waals surface area (Å²) in [5.41, 5.74) is 5.27. The maximum atomic E-state index is 9.21. The number of aliphatic hydroxyl groups is 1. The van der Waals surface area contributed by atoms with Gasteiger partial charge in [0.15, 0.2) is 0 Å². The standard InChI is InChI=1S/C8H20N2O/c1-2-3-6-10-7-8(11)4-5-9/h8,10-11H,2-7,9H2,1H3/t8-/m0/s1. The van der Waals surface area contributed by atoms with Gasteiger partial charge in [-0.2, -0.15) is 0 Å². The molecule has 0 heterocycles. The van der Waals surface area contributed by atoms with E-state index >= 15 is 0 Å². The molecular weight excluding hydrogens is 140 g/mol. The smallest absolute Gasteiger partial charge is 0.0676 e. The van der Waals surface area contributed by atoms with E-state index in [0.717, 1.165) is 6.54 Å². The van der Waals surface area contributed by atoms with Gasteiger partial charge in [-0.1, -0.05) is 13.3 Å². The molecule has 0 aromatic rings. The second-order valence-electron chi connectivity index (χ2n) is 2.79. The number of aliphatic hydroxyl groups excluding tert-OH is 1. The van der Waals surface area contributed by atoms with Crippen molar-refractivity contribution in [1.29, 1.82) is 0 Å². The third-order valence-electron chi connectivity index (χ3n) is 1.59. The van der Waals surface area contributed by atoms with Gasteiger partial charge < -0.3 is 16.2 Å². The highest BCUT2D eigenvalue weighted by atomic mass is 16.3. The summed E-state index contributed by atoms with van der Waals surface area (Å²) in [6, 6.07) is 0. The van der Waals surface area contributed by atoms with E-state index in [1.54, 1.807) is 0 Å². The van der Waals surface area contributed by atoms with Crippen LogP contribution in [0.15, 0.2) is 0 Å². The van der Waals surface area contributed by atoms with Gasteiger partial charge in [-0.15, -0.1) is 0 Å². The molecule has 0 aliphatic carbocycles. The Labute approximate surface area is 69.0 Å². The summed E-state index contributed by atoms with van der Waals surface area (Å²) in [5.74, 6) is 0. The number of unbranched alkanes of at least 4 members (excludes halogenated alkanes) is 1. The molecule has 0 saturated carbocycles. The minimum absolute atomic E-state index is 0.267. The van der Waals surface area contributed by atoms with E-state index in [9.17, 15) is 5.11 Å². The Morgan fingerprint density at radius 2 is 2.27 bits per heavy atom. The van der Waals surface area contributed by atoms with Gasteiger partial charge in [0.2, 0.25) is 0 Å². The van der Waals surface area contributed by atoms with E-state index in [4.69, 9.17) is 5.73 Å². The summed E-state index contributed by atoms with van der Waals surface area (Å²) in [6.07, 6.45) is 2.80. The molecule has 0 saturated heterocycles. The van der Waals surface area contributed by atoms with Crippen molar-refractivity contribution in [3.8, 4) is 0 Å². The zero-order valence-electron chi connectivity index (χ0n) is 7.34. The van der Waals surface area contributed by atoms with Crippen LogP contribution in [0.3, 0.4) is 0 Å². The van der Waals surface area contributed by atoms with Gasteiger partial charge in [-0.05, 0) is 25.9 Å². The Balaban J connectivity index is 2.97. The Kier molecular flexibility index (Phi) is 7.89. The van der Waals surface area contributed by atoms with Crippen molar-refractivity contribution in [3.63, 3.8) is 0 Å². The maximum absolute atomic E-state index is 9.21. The Bertz CT molecular complexity index is 78.5. The predicted molar refractivity (Wildman–Crippen MR) is 47.5 cm³/mol. The molecule has 0 aromatic heterocycles. The SMILES string of the molecule is CCCCNC[C@@H](O)CCN. The van der Waals surface area contributed by atoms with Crippen molar-refractivity contribution in [2.24, 2.45) is 5.73 Å². The zero-order valence-corrected chi connectivity index (χ0v) is 7.34. The van der Waals surface area contributed by atoms with Crippen molar-refractivity contribution in [3.05, 3.63) is 0 Å². The quantitative estimate of drug-likeness (QED) is 0.462. The third-order valence-corrected chi connectivity index (χ3v) is 1.59. The molecular formula is C8H20N2O. The lowest BCUT2D eigenvalue weighted by Crippen LogP contribution is -2.29. The molecule has 0 radical (unpaired) electrons. The molecule has 68 valence electrons. The van der Waals surface area contributed by atoms with Gasteiger partial charge in [0.05, 0.1) is 6.10 Å². The molecule has 0 aliphatic rings. The molecule has 0 rings (SSSR count). The van der Waals surface area contributed by atoms with Gasteiger partial charge >= 0.3 is 0 Å². The Hall–Kier alpha value is -0.120. The highest BCUT2D eigenvalue weighted by Gasteiger charge is 1.99. The minimum Gasteiger partial charge on any atom is -0.392 e. The average molecular weight is 160 g/mol. The van der Waals surface area contributed by atoms with Crippen molar-refractivity contribution < 1.29 is 5.11 Å². The van der Waals surface area contributed by atoms with Crippen LogP contribution in [0.1, 0.15) is 26.2 Å². The summed E-state index contributed by atoms with van der Waals surface area (Å²) in [7, 11) is 0. The fourth-order valence-corrected chi connectivity index (χ4v) is 0.865. The monoisotopic (exact) mass is 160 g/mol. The van der Waals surface area contributed by atoms with Gasteiger partial charge in [0, 0.05) is 6.54 Å². The van der Waals surface area contributed by atoms with Crippen LogP contribution in [0.4, 0.5) is 0 Å². The van der Waals surface area contributed by atoms with Gasteiger partial charge in [-0.25, -0.2) is 0 Å². The Morgan fingerprint density at radius 3 is 2.82 bits per heavy atom. The molecule has 11 heavy (non-hydrogen) atoms. The zero-order chi connectivity index (χ0) is 8.53. The van der Waals surface area contributed by atoms with Gasteiger partial charge in [0.1, 0.15) is 0 Å². The van der Waals surface area contributed by atoms with Crippen molar-refractivity contribution in [2.75, 3.05) is 19.6 Å². The fourth-order valence-electron chi connectivity index (χ4n) is 0.865. The second-order valence-corrected chi connectivity index (χ2v) is 2.79. The first-order chi connectivity index (χ1) is 5.31. The first kappa shape index (κ1) is 10.9. The van der Waals surface area contributed by atoms with Crippen LogP contribution < -0.4 is 11.1 Å². The molecule has 0 spiro atoms. The van der Waals surface area contributed by atoms with E-state index in [1.165, 1.54) is 12.8 Å². The maximum Gasteiger partial charge on any atom is 0.0676 e. The highest BCUT2D eigenvalue weighted by Crippen LogP contribution is 1.87.